The number of carbonyl (C=O) groups is 2. The average Bonchev–Trinajstić information content (AvgIpc) is 2.70. The van der Waals surface area contributed by atoms with Crippen molar-refractivity contribution in [2.24, 2.45) is 4.99 Å². The zero-order chi connectivity index (χ0) is 23.9. The first-order chi connectivity index (χ1) is 15.1. The maximum Gasteiger partial charge on any atom is 0.343 e. The summed E-state index contributed by atoms with van der Waals surface area (Å²) in [5, 5.41) is 0.507. The third-order valence-electron chi connectivity index (χ3n) is 4.76. The van der Waals surface area contributed by atoms with Gasteiger partial charge in [0.05, 0.1) is 24.7 Å². The van der Waals surface area contributed by atoms with Crippen molar-refractivity contribution in [1.82, 2.24) is 4.90 Å². The molecule has 2 rings (SSSR count). The quantitative estimate of drug-likeness (QED) is 0.256. The number of rotatable bonds is 9. The van der Waals surface area contributed by atoms with Gasteiger partial charge in [-0.2, -0.15) is 0 Å². The lowest BCUT2D eigenvalue weighted by molar-refractivity contribution is -0.140. The number of ketones is 1. The number of methoxy groups -OCH3 is 1. The standard InChI is InChI=1S/C23H30BrClN2O5/c1-6-31-22(29)16-13-26-21(12-19(16)28)27(23(2,3)4)14-15-10-20(18(25)11-17(15)24)32-9-7-8-30-5/h10-11,13H,6-9,12,14H2,1-5H3. The molecule has 7 nitrogen and oxygen atoms in total. The van der Waals surface area contributed by atoms with E-state index in [4.69, 9.17) is 25.8 Å². The molecule has 0 saturated heterocycles. The highest BCUT2D eigenvalue weighted by atomic mass is 79.9. The summed E-state index contributed by atoms with van der Waals surface area (Å²) in [5.74, 6) is 0.222. The van der Waals surface area contributed by atoms with Gasteiger partial charge in [-0.3, -0.25) is 4.79 Å². The number of aliphatic imine (C=N–C) groups is 1. The van der Waals surface area contributed by atoms with Crippen LogP contribution in [-0.2, 0) is 25.6 Å². The predicted octanol–water partition coefficient (Wildman–Crippen LogP) is 4.94. The number of carbonyl (C=O) groups excluding carboxylic acids is 2. The molecular weight excluding hydrogens is 500 g/mol. The van der Waals surface area contributed by atoms with Crippen molar-refractivity contribution in [1.29, 1.82) is 0 Å². The topological polar surface area (TPSA) is 77.4 Å². The van der Waals surface area contributed by atoms with Crippen molar-refractivity contribution < 1.29 is 23.8 Å². The molecule has 0 bridgehead atoms. The number of hydrogen-bond acceptors (Lipinski definition) is 7. The lowest BCUT2D eigenvalue weighted by Crippen LogP contribution is -2.46. The number of nitrogens with zero attached hydrogens (tertiary/aromatic N) is 2. The van der Waals surface area contributed by atoms with Crippen molar-refractivity contribution in [3.05, 3.63) is 39.0 Å². The molecule has 32 heavy (non-hydrogen) atoms. The summed E-state index contributed by atoms with van der Waals surface area (Å²) in [4.78, 5) is 31.1. The zero-order valence-corrected chi connectivity index (χ0v) is 21.5. The van der Waals surface area contributed by atoms with Crippen molar-refractivity contribution in [2.45, 2.75) is 52.6 Å². The lowest BCUT2D eigenvalue weighted by atomic mass is 10.00. The minimum atomic E-state index is -0.640. The Labute approximate surface area is 202 Å². The van der Waals surface area contributed by atoms with Gasteiger partial charge in [0.15, 0.2) is 5.78 Å². The fourth-order valence-electron chi connectivity index (χ4n) is 3.11. The molecule has 0 amide bonds. The summed E-state index contributed by atoms with van der Waals surface area (Å²) in [5.41, 5.74) is 0.567. The van der Waals surface area contributed by atoms with Crippen molar-refractivity contribution in [3.8, 4) is 5.75 Å². The van der Waals surface area contributed by atoms with E-state index in [1.54, 1.807) is 20.1 Å². The molecular formula is C23H30BrClN2O5. The van der Waals surface area contributed by atoms with Crippen LogP contribution in [0.25, 0.3) is 0 Å². The number of hydrogen-bond donors (Lipinski definition) is 0. The molecule has 0 unspecified atom stereocenters. The van der Waals surface area contributed by atoms with Crippen LogP contribution in [0.2, 0.25) is 5.02 Å². The minimum absolute atomic E-state index is 0.0213. The fraction of sp³-hybridized carbons (Fsp3) is 0.522. The molecule has 0 atom stereocenters. The number of ether oxygens (including phenoxy) is 3. The zero-order valence-electron chi connectivity index (χ0n) is 19.2. The van der Waals surface area contributed by atoms with Gasteiger partial charge in [-0.15, -0.1) is 0 Å². The number of esters is 1. The number of benzene rings is 1. The molecule has 1 heterocycles. The second-order valence-electron chi connectivity index (χ2n) is 8.23. The monoisotopic (exact) mass is 528 g/mol. The van der Waals surface area contributed by atoms with Gasteiger partial charge in [0.1, 0.15) is 17.2 Å². The Kier molecular flexibility index (Phi) is 9.73. The Morgan fingerprint density at radius 2 is 2.00 bits per heavy atom. The van der Waals surface area contributed by atoms with Gasteiger partial charge in [0.25, 0.3) is 0 Å². The van der Waals surface area contributed by atoms with E-state index in [0.717, 1.165) is 16.5 Å². The Hall–Kier alpha value is -1.90. The molecule has 1 aromatic rings. The average molecular weight is 530 g/mol. The van der Waals surface area contributed by atoms with Gasteiger partial charge in [-0.1, -0.05) is 27.5 Å². The summed E-state index contributed by atoms with van der Waals surface area (Å²) in [7, 11) is 1.65. The maximum absolute atomic E-state index is 12.6. The first-order valence-corrected chi connectivity index (χ1v) is 11.6. The van der Waals surface area contributed by atoms with Crippen molar-refractivity contribution in [3.63, 3.8) is 0 Å². The largest absolute Gasteiger partial charge is 0.492 e. The molecule has 0 aliphatic carbocycles. The molecule has 1 aromatic carbocycles. The Morgan fingerprint density at radius 1 is 1.28 bits per heavy atom. The van der Waals surface area contributed by atoms with Crippen LogP contribution in [0.1, 0.15) is 46.1 Å². The van der Waals surface area contributed by atoms with Crippen LogP contribution in [0.3, 0.4) is 0 Å². The van der Waals surface area contributed by atoms with E-state index in [9.17, 15) is 9.59 Å². The van der Waals surface area contributed by atoms with Crippen LogP contribution in [-0.4, -0.2) is 55.0 Å². The van der Waals surface area contributed by atoms with Gasteiger partial charge < -0.3 is 19.1 Å². The maximum atomic E-state index is 12.6. The molecule has 0 saturated carbocycles. The molecule has 0 fully saturated rings. The summed E-state index contributed by atoms with van der Waals surface area (Å²) in [6.07, 6.45) is 2.08. The molecule has 0 radical (unpaired) electrons. The van der Waals surface area contributed by atoms with Gasteiger partial charge in [-0.25, -0.2) is 9.79 Å². The highest BCUT2D eigenvalue weighted by Crippen LogP contribution is 2.34. The lowest BCUT2D eigenvalue weighted by Gasteiger charge is -2.39. The van der Waals surface area contributed by atoms with E-state index in [1.165, 1.54) is 6.20 Å². The normalized spacial score (nSPS) is 14.0. The highest BCUT2D eigenvalue weighted by Gasteiger charge is 2.31. The molecule has 0 aromatic heterocycles. The van der Waals surface area contributed by atoms with Crippen LogP contribution in [0, 0.1) is 0 Å². The van der Waals surface area contributed by atoms with Gasteiger partial charge in [0, 0.05) is 42.9 Å². The van der Waals surface area contributed by atoms with E-state index in [0.29, 0.717) is 36.4 Å². The van der Waals surface area contributed by atoms with E-state index in [1.807, 2.05) is 31.7 Å². The van der Waals surface area contributed by atoms with Gasteiger partial charge in [0.2, 0.25) is 0 Å². The van der Waals surface area contributed by atoms with Crippen LogP contribution in [0.5, 0.6) is 5.75 Å². The van der Waals surface area contributed by atoms with Crippen LogP contribution >= 0.6 is 27.5 Å². The highest BCUT2D eigenvalue weighted by molar-refractivity contribution is 9.10. The number of amidine groups is 1. The third kappa shape index (κ3) is 7.05. The first kappa shape index (κ1) is 26.4. The van der Waals surface area contributed by atoms with Crippen LogP contribution in [0.15, 0.2) is 33.4 Å². The van der Waals surface area contributed by atoms with Crippen LogP contribution in [0.4, 0.5) is 0 Å². The first-order valence-electron chi connectivity index (χ1n) is 10.4. The number of halogens is 2. The summed E-state index contributed by atoms with van der Waals surface area (Å²) in [6, 6.07) is 3.69. The third-order valence-corrected chi connectivity index (χ3v) is 5.79. The summed E-state index contributed by atoms with van der Waals surface area (Å²) >= 11 is 9.94. The molecule has 1 aliphatic heterocycles. The van der Waals surface area contributed by atoms with Crippen molar-refractivity contribution in [2.75, 3.05) is 26.9 Å². The summed E-state index contributed by atoms with van der Waals surface area (Å²) < 4.78 is 16.7. The number of Topliss-reactive ketones (excluding diaryl/α,β-unsaturated/α-hetero) is 1. The van der Waals surface area contributed by atoms with Gasteiger partial charge in [-0.05, 0) is 45.4 Å². The molecule has 9 heteroatoms. The Balaban J connectivity index is 2.31. The second-order valence-corrected chi connectivity index (χ2v) is 9.50. The van der Waals surface area contributed by atoms with E-state index < -0.39 is 5.97 Å². The Bertz CT molecular complexity index is 908. The van der Waals surface area contributed by atoms with Crippen molar-refractivity contribution >= 4 is 45.1 Å². The van der Waals surface area contributed by atoms with E-state index in [2.05, 4.69) is 20.9 Å². The Morgan fingerprint density at radius 3 is 2.59 bits per heavy atom. The SMILES string of the molecule is CCOC(=O)C1=CN=C(N(Cc2cc(OCCCOC)c(Cl)cc2Br)C(C)(C)C)CC1=O. The minimum Gasteiger partial charge on any atom is -0.492 e. The molecule has 176 valence electrons. The molecule has 0 spiro atoms. The van der Waals surface area contributed by atoms with Gasteiger partial charge >= 0.3 is 5.97 Å². The predicted molar refractivity (Wildman–Crippen MR) is 128 cm³/mol. The molecule has 0 N–H and O–H groups in total. The second kappa shape index (κ2) is 11.8. The van der Waals surface area contributed by atoms with Crippen LogP contribution < -0.4 is 4.74 Å². The van der Waals surface area contributed by atoms with E-state index >= 15 is 0 Å². The van der Waals surface area contributed by atoms with E-state index in [-0.39, 0.29) is 29.9 Å². The fourth-order valence-corrected chi connectivity index (χ4v) is 3.93. The smallest absolute Gasteiger partial charge is 0.343 e. The summed E-state index contributed by atoms with van der Waals surface area (Å²) in [6.45, 7) is 9.57. The molecule has 1 aliphatic rings.